The molecule has 3 heteroatoms. The van der Waals surface area contributed by atoms with E-state index in [4.69, 9.17) is 4.74 Å². The molecule has 0 bridgehead atoms. The van der Waals surface area contributed by atoms with Gasteiger partial charge >= 0.3 is 0 Å². The van der Waals surface area contributed by atoms with Crippen molar-refractivity contribution in [2.75, 3.05) is 7.05 Å². The highest BCUT2D eigenvalue weighted by atomic mass is 19.1. The molecule has 1 aromatic rings. The predicted molar refractivity (Wildman–Crippen MR) is 64.3 cm³/mol. The van der Waals surface area contributed by atoms with Crippen LogP contribution in [0.3, 0.4) is 0 Å². The zero-order valence-corrected chi connectivity index (χ0v) is 10.4. The van der Waals surface area contributed by atoms with E-state index in [0.717, 1.165) is 12.0 Å². The molecule has 2 unspecified atom stereocenters. The van der Waals surface area contributed by atoms with Crippen molar-refractivity contribution in [2.24, 2.45) is 0 Å². The van der Waals surface area contributed by atoms with Crippen LogP contribution in [0.25, 0.3) is 0 Å². The first kappa shape index (κ1) is 13.0. The Bertz CT molecular complexity index is 341. The molecule has 0 aliphatic carbocycles. The lowest BCUT2D eigenvalue weighted by Crippen LogP contribution is -2.17. The van der Waals surface area contributed by atoms with Crippen molar-refractivity contribution in [3.05, 3.63) is 29.6 Å². The molecule has 0 saturated heterocycles. The van der Waals surface area contributed by atoms with Crippen LogP contribution < -0.4 is 10.1 Å². The van der Waals surface area contributed by atoms with Crippen LogP contribution >= 0.6 is 0 Å². The molecular formula is C13H20FNO. The van der Waals surface area contributed by atoms with Crippen LogP contribution in [-0.2, 0) is 0 Å². The second kappa shape index (κ2) is 5.85. The van der Waals surface area contributed by atoms with E-state index < -0.39 is 0 Å². The minimum absolute atomic E-state index is 0.101. The van der Waals surface area contributed by atoms with Gasteiger partial charge in [-0.1, -0.05) is 13.0 Å². The van der Waals surface area contributed by atoms with Crippen molar-refractivity contribution in [1.29, 1.82) is 0 Å². The molecule has 2 nitrogen and oxygen atoms in total. The number of benzene rings is 1. The fourth-order valence-electron chi connectivity index (χ4n) is 1.42. The van der Waals surface area contributed by atoms with Gasteiger partial charge in [0.05, 0.1) is 6.10 Å². The molecule has 1 aromatic carbocycles. The molecule has 16 heavy (non-hydrogen) atoms. The van der Waals surface area contributed by atoms with E-state index >= 15 is 0 Å². The second-order valence-electron chi connectivity index (χ2n) is 4.03. The van der Waals surface area contributed by atoms with Crippen LogP contribution in [0.15, 0.2) is 18.2 Å². The van der Waals surface area contributed by atoms with Crippen molar-refractivity contribution in [2.45, 2.75) is 39.3 Å². The smallest absolute Gasteiger partial charge is 0.127 e. The molecule has 0 fully saturated rings. The Balaban J connectivity index is 2.98. The molecule has 0 aromatic heterocycles. The van der Waals surface area contributed by atoms with Crippen molar-refractivity contribution < 1.29 is 9.13 Å². The Labute approximate surface area is 96.8 Å². The Kier molecular flexibility index (Phi) is 4.74. The Morgan fingerprint density at radius 3 is 2.62 bits per heavy atom. The summed E-state index contributed by atoms with van der Waals surface area (Å²) in [7, 11) is 1.88. The number of nitrogens with one attached hydrogen (secondary N) is 1. The van der Waals surface area contributed by atoms with Crippen molar-refractivity contribution in [3.8, 4) is 5.75 Å². The first-order valence-electron chi connectivity index (χ1n) is 5.71. The van der Waals surface area contributed by atoms with Gasteiger partial charge in [0.25, 0.3) is 0 Å². The van der Waals surface area contributed by atoms with Gasteiger partial charge in [-0.3, -0.25) is 0 Å². The molecule has 0 radical (unpaired) electrons. The third-order valence-electron chi connectivity index (χ3n) is 2.78. The zero-order valence-electron chi connectivity index (χ0n) is 10.4. The molecule has 0 aliphatic heterocycles. The quantitative estimate of drug-likeness (QED) is 0.830. The molecule has 0 amide bonds. The lowest BCUT2D eigenvalue weighted by Gasteiger charge is -2.19. The first-order valence-corrected chi connectivity index (χ1v) is 5.71. The number of hydrogen-bond donors (Lipinski definition) is 1. The highest BCUT2D eigenvalue weighted by Gasteiger charge is 2.12. The van der Waals surface area contributed by atoms with E-state index in [2.05, 4.69) is 5.32 Å². The summed E-state index contributed by atoms with van der Waals surface area (Å²) in [5.74, 6) is 0.376. The van der Waals surface area contributed by atoms with Crippen LogP contribution in [0.2, 0.25) is 0 Å². The predicted octanol–water partition coefficient (Wildman–Crippen LogP) is 3.28. The first-order chi connectivity index (χ1) is 7.58. The normalized spacial score (nSPS) is 14.6. The third-order valence-corrected chi connectivity index (χ3v) is 2.78. The maximum Gasteiger partial charge on any atom is 0.127 e. The van der Waals surface area contributed by atoms with Crippen LogP contribution in [0.4, 0.5) is 4.39 Å². The van der Waals surface area contributed by atoms with Gasteiger partial charge in [0.15, 0.2) is 0 Å². The average molecular weight is 225 g/mol. The number of halogens is 1. The summed E-state index contributed by atoms with van der Waals surface area (Å²) in [6, 6.07) is 4.84. The molecular weight excluding hydrogens is 205 g/mol. The largest absolute Gasteiger partial charge is 0.490 e. The van der Waals surface area contributed by atoms with E-state index in [1.54, 1.807) is 6.07 Å². The summed E-state index contributed by atoms with van der Waals surface area (Å²) in [5, 5.41) is 3.13. The van der Waals surface area contributed by atoms with Gasteiger partial charge in [-0.05, 0) is 33.4 Å². The number of ether oxygens (including phenoxy) is 1. The summed E-state index contributed by atoms with van der Waals surface area (Å²) >= 11 is 0. The van der Waals surface area contributed by atoms with Crippen LogP contribution in [0.1, 0.15) is 38.8 Å². The van der Waals surface area contributed by atoms with Gasteiger partial charge in [0, 0.05) is 17.7 Å². The number of rotatable bonds is 5. The molecule has 0 heterocycles. The van der Waals surface area contributed by atoms with Gasteiger partial charge in [-0.2, -0.15) is 0 Å². The summed E-state index contributed by atoms with van der Waals surface area (Å²) in [4.78, 5) is 0. The third kappa shape index (κ3) is 3.20. The highest BCUT2D eigenvalue weighted by molar-refractivity contribution is 5.36. The van der Waals surface area contributed by atoms with Crippen LogP contribution in [0, 0.1) is 5.82 Å². The molecule has 2 atom stereocenters. The van der Waals surface area contributed by atoms with Gasteiger partial charge in [0.1, 0.15) is 11.6 Å². The lowest BCUT2D eigenvalue weighted by atomic mass is 10.1. The van der Waals surface area contributed by atoms with Gasteiger partial charge in [-0.15, -0.1) is 0 Å². The Morgan fingerprint density at radius 2 is 2.06 bits per heavy atom. The minimum atomic E-state index is -0.259. The average Bonchev–Trinajstić information content (AvgIpc) is 2.28. The molecule has 1 rings (SSSR count). The molecule has 0 spiro atoms. The van der Waals surface area contributed by atoms with E-state index in [1.807, 2.05) is 27.8 Å². The standard InChI is InChI=1S/C13H20FNO/c1-5-9(2)16-13-8-11(14)6-7-12(13)10(3)15-4/h6-10,15H,5H2,1-4H3. The van der Waals surface area contributed by atoms with E-state index in [-0.39, 0.29) is 18.0 Å². The lowest BCUT2D eigenvalue weighted by molar-refractivity contribution is 0.213. The van der Waals surface area contributed by atoms with E-state index in [1.165, 1.54) is 12.1 Å². The molecule has 0 saturated carbocycles. The van der Waals surface area contributed by atoms with E-state index in [0.29, 0.717) is 5.75 Å². The molecule has 1 N–H and O–H groups in total. The minimum Gasteiger partial charge on any atom is -0.490 e. The Hall–Kier alpha value is -1.09. The summed E-state index contributed by atoms with van der Waals surface area (Å²) in [6.45, 7) is 6.06. The summed E-state index contributed by atoms with van der Waals surface area (Å²) in [5.41, 5.74) is 0.990. The Morgan fingerprint density at radius 1 is 1.38 bits per heavy atom. The van der Waals surface area contributed by atoms with Gasteiger partial charge < -0.3 is 10.1 Å². The van der Waals surface area contributed by atoms with Crippen molar-refractivity contribution in [3.63, 3.8) is 0 Å². The molecule has 90 valence electrons. The maximum atomic E-state index is 13.2. The van der Waals surface area contributed by atoms with Crippen LogP contribution in [0.5, 0.6) is 5.75 Å². The fourth-order valence-corrected chi connectivity index (χ4v) is 1.42. The SMILES string of the molecule is CCC(C)Oc1cc(F)ccc1C(C)NC. The summed E-state index contributed by atoms with van der Waals surface area (Å²) < 4.78 is 18.9. The van der Waals surface area contributed by atoms with Crippen molar-refractivity contribution in [1.82, 2.24) is 5.32 Å². The monoisotopic (exact) mass is 225 g/mol. The fraction of sp³-hybridized carbons (Fsp3) is 0.538. The topological polar surface area (TPSA) is 21.3 Å². The number of hydrogen-bond acceptors (Lipinski definition) is 2. The summed E-state index contributed by atoms with van der Waals surface area (Å²) in [6.07, 6.45) is 1.01. The highest BCUT2D eigenvalue weighted by Crippen LogP contribution is 2.27. The van der Waals surface area contributed by atoms with Gasteiger partial charge in [0.2, 0.25) is 0 Å². The maximum absolute atomic E-state index is 13.2. The van der Waals surface area contributed by atoms with E-state index in [9.17, 15) is 4.39 Å². The zero-order chi connectivity index (χ0) is 12.1. The van der Waals surface area contributed by atoms with Gasteiger partial charge in [-0.25, -0.2) is 4.39 Å². The van der Waals surface area contributed by atoms with Crippen LogP contribution in [-0.4, -0.2) is 13.2 Å². The molecule has 0 aliphatic rings. The second-order valence-corrected chi connectivity index (χ2v) is 4.03. The van der Waals surface area contributed by atoms with Crippen molar-refractivity contribution >= 4 is 0 Å².